The molecule has 2 aromatic rings. The lowest BCUT2D eigenvalue weighted by atomic mass is 10.1. The molecule has 2 rings (SSSR count). The van der Waals surface area contributed by atoms with E-state index in [-0.39, 0.29) is 17.2 Å². The molecule has 0 atom stereocenters. The first-order valence-electron chi connectivity index (χ1n) is 5.72. The number of nitrogens with one attached hydrogen (secondary N) is 1. The lowest BCUT2D eigenvalue weighted by molar-refractivity contribution is 0.496. The van der Waals surface area contributed by atoms with Gasteiger partial charge in [0, 0.05) is 6.54 Å². The molecule has 1 N–H and O–H groups in total. The predicted molar refractivity (Wildman–Crippen MR) is 68.4 cm³/mol. The third-order valence-electron chi connectivity index (χ3n) is 2.69. The molecule has 0 saturated heterocycles. The van der Waals surface area contributed by atoms with Crippen LogP contribution in [0.4, 0.5) is 0 Å². The lowest BCUT2D eigenvalue weighted by Crippen LogP contribution is -2.36. The monoisotopic (exact) mass is 232 g/mol. The van der Waals surface area contributed by atoms with Crippen molar-refractivity contribution in [2.45, 2.75) is 27.3 Å². The zero-order valence-electron chi connectivity index (χ0n) is 10.3. The van der Waals surface area contributed by atoms with E-state index in [1.54, 1.807) is 6.07 Å². The van der Waals surface area contributed by atoms with E-state index in [0.29, 0.717) is 17.4 Å². The Balaban J connectivity index is 2.78. The zero-order valence-corrected chi connectivity index (χ0v) is 10.3. The molecule has 17 heavy (non-hydrogen) atoms. The highest BCUT2D eigenvalue weighted by Gasteiger charge is 2.08. The van der Waals surface area contributed by atoms with Gasteiger partial charge in [0.15, 0.2) is 0 Å². The summed E-state index contributed by atoms with van der Waals surface area (Å²) in [7, 11) is 0. The van der Waals surface area contributed by atoms with Gasteiger partial charge in [0.25, 0.3) is 5.56 Å². The topological polar surface area (TPSA) is 54.9 Å². The van der Waals surface area contributed by atoms with Crippen LogP contribution < -0.4 is 11.2 Å². The minimum Gasteiger partial charge on any atom is -0.307 e. The van der Waals surface area contributed by atoms with Gasteiger partial charge < -0.3 is 4.98 Å². The SMILES string of the molecule is Cc1ccc2[nH]c(=O)n(CC(C)C)c(=O)c2c1. The van der Waals surface area contributed by atoms with E-state index >= 15 is 0 Å². The molecule has 0 amide bonds. The zero-order chi connectivity index (χ0) is 12.6. The van der Waals surface area contributed by atoms with Crippen LogP contribution in [0.2, 0.25) is 0 Å². The summed E-state index contributed by atoms with van der Waals surface area (Å²) in [5, 5.41) is 0.574. The van der Waals surface area contributed by atoms with Gasteiger partial charge in [-0.15, -0.1) is 0 Å². The second kappa shape index (κ2) is 4.20. The number of hydrogen-bond acceptors (Lipinski definition) is 2. The van der Waals surface area contributed by atoms with Crippen molar-refractivity contribution in [1.29, 1.82) is 0 Å². The number of nitrogens with zero attached hydrogens (tertiary/aromatic N) is 1. The van der Waals surface area contributed by atoms with Crippen LogP contribution in [0.1, 0.15) is 19.4 Å². The van der Waals surface area contributed by atoms with Crippen LogP contribution in [0, 0.1) is 12.8 Å². The highest BCUT2D eigenvalue weighted by molar-refractivity contribution is 5.77. The number of aromatic amines is 1. The van der Waals surface area contributed by atoms with E-state index in [1.807, 2.05) is 32.9 Å². The standard InChI is InChI=1S/C13H16N2O2/c1-8(2)7-15-12(16)10-6-9(3)4-5-11(10)14-13(15)17/h4-6,8H,7H2,1-3H3,(H,14,17). The minimum atomic E-state index is -0.333. The normalized spacial score (nSPS) is 11.3. The molecule has 0 spiro atoms. The van der Waals surface area contributed by atoms with Crippen molar-refractivity contribution >= 4 is 10.9 Å². The number of aryl methyl sites for hydroxylation is 1. The van der Waals surface area contributed by atoms with Gasteiger partial charge in [-0.1, -0.05) is 25.5 Å². The Morgan fingerprint density at radius 1 is 1.29 bits per heavy atom. The fourth-order valence-electron chi connectivity index (χ4n) is 1.90. The summed E-state index contributed by atoms with van der Waals surface area (Å²) < 4.78 is 1.27. The van der Waals surface area contributed by atoms with Gasteiger partial charge in [0.2, 0.25) is 0 Å². The molecule has 0 radical (unpaired) electrons. The number of H-pyrrole nitrogens is 1. The Morgan fingerprint density at radius 3 is 2.65 bits per heavy atom. The fourth-order valence-corrected chi connectivity index (χ4v) is 1.90. The van der Waals surface area contributed by atoms with Crippen molar-refractivity contribution in [3.05, 3.63) is 44.6 Å². The van der Waals surface area contributed by atoms with Crippen molar-refractivity contribution in [2.75, 3.05) is 0 Å². The van der Waals surface area contributed by atoms with E-state index in [9.17, 15) is 9.59 Å². The Hall–Kier alpha value is -1.84. The summed E-state index contributed by atoms with van der Waals surface area (Å²) >= 11 is 0. The highest BCUT2D eigenvalue weighted by atomic mass is 16.2. The van der Waals surface area contributed by atoms with Crippen LogP contribution in [0.3, 0.4) is 0 Å². The number of aromatic nitrogens is 2. The Kier molecular flexibility index (Phi) is 2.88. The maximum atomic E-state index is 12.2. The van der Waals surface area contributed by atoms with Crippen LogP contribution in [0.5, 0.6) is 0 Å². The third-order valence-corrected chi connectivity index (χ3v) is 2.69. The number of rotatable bonds is 2. The minimum absolute atomic E-state index is 0.207. The molecule has 0 saturated carbocycles. The van der Waals surface area contributed by atoms with Gasteiger partial charge in [-0.3, -0.25) is 9.36 Å². The lowest BCUT2D eigenvalue weighted by Gasteiger charge is -2.08. The first-order valence-corrected chi connectivity index (χ1v) is 5.72. The third kappa shape index (κ3) is 2.16. The molecule has 1 heterocycles. The smallest absolute Gasteiger partial charge is 0.307 e. The molecule has 1 aromatic heterocycles. The Morgan fingerprint density at radius 2 is 2.00 bits per heavy atom. The van der Waals surface area contributed by atoms with E-state index in [0.717, 1.165) is 5.56 Å². The molecule has 0 unspecified atom stereocenters. The second-order valence-corrected chi connectivity index (χ2v) is 4.79. The quantitative estimate of drug-likeness (QED) is 0.856. The molecule has 0 aliphatic carbocycles. The number of benzene rings is 1. The predicted octanol–water partition coefficient (Wildman–Crippen LogP) is 1.65. The average molecular weight is 232 g/mol. The number of fused-ring (bicyclic) bond motifs is 1. The fraction of sp³-hybridized carbons (Fsp3) is 0.385. The molecule has 0 bridgehead atoms. The average Bonchev–Trinajstić information content (AvgIpc) is 2.25. The molecule has 4 nitrogen and oxygen atoms in total. The van der Waals surface area contributed by atoms with Gasteiger partial charge in [-0.2, -0.15) is 0 Å². The van der Waals surface area contributed by atoms with Crippen LogP contribution >= 0.6 is 0 Å². The van der Waals surface area contributed by atoms with E-state index < -0.39 is 0 Å². The van der Waals surface area contributed by atoms with Gasteiger partial charge >= 0.3 is 5.69 Å². The van der Waals surface area contributed by atoms with Crippen LogP contribution in [-0.4, -0.2) is 9.55 Å². The summed E-state index contributed by atoms with van der Waals surface area (Å²) in [5.74, 6) is 0.260. The van der Waals surface area contributed by atoms with Gasteiger partial charge in [0.05, 0.1) is 10.9 Å². The molecule has 0 aliphatic heterocycles. The number of hydrogen-bond donors (Lipinski definition) is 1. The summed E-state index contributed by atoms with van der Waals surface area (Å²) in [6.45, 7) is 6.33. The molecule has 0 fully saturated rings. The molecular weight excluding hydrogens is 216 g/mol. The van der Waals surface area contributed by atoms with E-state index in [4.69, 9.17) is 0 Å². The summed E-state index contributed by atoms with van der Waals surface area (Å²) in [5.41, 5.74) is 1.07. The maximum absolute atomic E-state index is 12.2. The first-order chi connectivity index (χ1) is 7.99. The molecular formula is C13H16N2O2. The van der Waals surface area contributed by atoms with Gasteiger partial charge in [-0.05, 0) is 25.0 Å². The summed E-state index contributed by atoms with van der Waals surface area (Å²) in [6.07, 6.45) is 0. The Labute approximate surface area is 98.9 Å². The maximum Gasteiger partial charge on any atom is 0.328 e. The molecule has 1 aromatic carbocycles. The van der Waals surface area contributed by atoms with Crippen molar-refractivity contribution in [2.24, 2.45) is 5.92 Å². The van der Waals surface area contributed by atoms with E-state index in [1.165, 1.54) is 4.57 Å². The van der Waals surface area contributed by atoms with Gasteiger partial charge in [-0.25, -0.2) is 4.79 Å². The van der Waals surface area contributed by atoms with Crippen molar-refractivity contribution in [3.8, 4) is 0 Å². The van der Waals surface area contributed by atoms with Gasteiger partial charge in [0.1, 0.15) is 0 Å². The summed E-state index contributed by atoms with van der Waals surface area (Å²) in [4.78, 5) is 26.7. The van der Waals surface area contributed by atoms with Crippen molar-refractivity contribution in [1.82, 2.24) is 9.55 Å². The van der Waals surface area contributed by atoms with Crippen LogP contribution in [0.15, 0.2) is 27.8 Å². The summed E-state index contributed by atoms with van der Waals surface area (Å²) in [6, 6.07) is 5.46. The van der Waals surface area contributed by atoms with Crippen LogP contribution in [-0.2, 0) is 6.54 Å². The van der Waals surface area contributed by atoms with E-state index in [2.05, 4.69) is 4.98 Å². The first kappa shape index (κ1) is 11.6. The molecule has 4 heteroatoms. The largest absolute Gasteiger partial charge is 0.328 e. The highest BCUT2D eigenvalue weighted by Crippen LogP contribution is 2.08. The van der Waals surface area contributed by atoms with Crippen molar-refractivity contribution < 1.29 is 0 Å². The molecule has 0 aliphatic rings. The molecule has 90 valence electrons. The van der Waals surface area contributed by atoms with Crippen molar-refractivity contribution in [3.63, 3.8) is 0 Å². The second-order valence-electron chi connectivity index (χ2n) is 4.79. The van der Waals surface area contributed by atoms with Crippen LogP contribution in [0.25, 0.3) is 10.9 Å². The Bertz CT molecular complexity index is 665.